The van der Waals surface area contributed by atoms with Gasteiger partial charge in [0.1, 0.15) is 0 Å². The summed E-state index contributed by atoms with van der Waals surface area (Å²) < 4.78 is 3.82. The lowest BCUT2D eigenvalue weighted by Gasteiger charge is -2.25. The zero-order valence-electron chi connectivity index (χ0n) is 20.7. The van der Waals surface area contributed by atoms with E-state index in [1.54, 1.807) is 0 Å². The number of aryl methyl sites for hydroxylation is 4. The fraction of sp³-hybridized carbons (Fsp3) is 0.500. The lowest BCUT2D eigenvalue weighted by molar-refractivity contribution is -0.121. The molecular weight excluding hydrogens is 458 g/mol. The van der Waals surface area contributed by atoms with Crippen molar-refractivity contribution in [3.63, 3.8) is 0 Å². The number of fused-ring (bicyclic) bond motifs is 3. The second kappa shape index (κ2) is 10.4. The standard InChI is InChI=1S/C26H33N7OS/c1-4-22(25(34)27-19-10-6-5-7-11-19)35-26-28-21-13-9-8-12-20(21)24-29-23(31-33(24)26)14-15-32-18(3)16-17(2)30-32/h8-9,12-13,16,19,22H,4-7,10-11,14-15H2,1-3H3,(H,27,34). The summed E-state index contributed by atoms with van der Waals surface area (Å²) in [6.07, 6.45) is 7.20. The maximum absolute atomic E-state index is 13.1. The van der Waals surface area contributed by atoms with E-state index in [9.17, 15) is 4.79 Å². The van der Waals surface area contributed by atoms with Crippen molar-refractivity contribution in [2.75, 3.05) is 0 Å². The second-order valence-corrected chi connectivity index (χ2v) is 10.6. The van der Waals surface area contributed by atoms with Gasteiger partial charge in [-0.15, -0.1) is 5.10 Å². The first-order valence-electron chi connectivity index (χ1n) is 12.6. The van der Waals surface area contributed by atoms with Crippen molar-refractivity contribution in [3.05, 3.63) is 47.5 Å². The van der Waals surface area contributed by atoms with Gasteiger partial charge in [-0.2, -0.15) is 9.61 Å². The zero-order chi connectivity index (χ0) is 24.4. The van der Waals surface area contributed by atoms with Gasteiger partial charge in [0, 0.05) is 30.1 Å². The molecule has 1 aliphatic rings. The Bertz CT molecular complexity index is 1340. The van der Waals surface area contributed by atoms with Crippen molar-refractivity contribution in [2.24, 2.45) is 0 Å². The summed E-state index contributed by atoms with van der Waals surface area (Å²) in [6, 6.07) is 10.4. The first-order chi connectivity index (χ1) is 17.0. The SMILES string of the molecule is CCC(Sc1nc2ccccc2c2nc(CCn3nc(C)cc3C)nn12)C(=O)NC1CCCCC1. The molecule has 0 spiro atoms. The van der Waals surface area contributed by atoms with Gasteiger partial charge in [0.2, 0.25) is 5.91 Å². The lowest BCUT2D eigenvalue weighted by atomic mass is 9.95. The number of rotatable bonds is 8. The van der Waals surface area contributed by atoms with E-state index in [1.165, 1.54) is 31.0 Å². The molecule has 1 saturated carbocycles. The van der Waals surface area contributed by atoms with Crippen molar-refractivity contribution in [1.29, 1.82) is 0 Å². The van der Waals surface area contributed by atoms with Crippen LogP contribution in [0.1, 0.15) is 62.7 Å². The number of hydrogen-bond donors (Lipinski definition) is 1. The molecule has 5 rings (SSSR count). The highest BCUT2D eigenvalue weighted by atomic mass is 32.2. The maximum atomic E-state index is 13.1. The molecule has 0 aliphatic heterocycles. The molecule has 1 unspecified atom stereocenters. The van der Waals surface area contributed by atoms with Crippen LogP contribution in [0.2, 0.25) is 0 Å². The van der Waals surface area contributed by atoms with Crippen LogP contribution in [-0.4, -0.2) is 46.6 Å². The van der Waals surface area contributed by atoms with Gasteiger partial charge in [-0.25, -0.2) is 9.97 Å². The smallest absolute Gasteiger partial charge is 0.233 e. The number of nitrogens with one attached hydrogen (secondary N) is 1. The van der Waals surface area contributed by atoms with Crippen molar-refractivity contribution in [2.45, 2.75) is 88.7 Å². The molecule has 184 valence electrons. The van der Waals surface area contributed by atoms with Crippen molar-refractivity contribution in [1.82, 2.24) is 34.7 Å². The molecule has 1 amide bonds. The van der Waals surface area contributed by atoms with Gasteiger partial charge < -0.3 is 5.32 Å². The number of hydrogen-bond acceptors (Lipinski definition) is 6. The highest BCUT2D eigenvalue weighted by Gasteiger charge is 2.25. The molecule has 0 saturated heterocycles. The molecule has 3 aromatic heterocycles. The van der Waals surface area contributed by atoms with Gasteiger partial charge in [0.15, 0.2) is 16.6 Å². The van der Waals surface area contributed by atoms with Crippen LogP contribution in [0.4, 0.5) is 0 Å². The van der Waals surface area contributed by atoms with Gasteiger partial charge in [0.25, 0.3) is 0 Å². The van der Waals surface area contributed by atoms with Crippen LogP contribution in [-0.2, 0) is 17.8 Å². The molecular formula is C26H33N7OS. The van der Waals surface area contributed by atoms with E-state index in [-0.39, 0.29) is 11.2 Å². The van der Waals surface area contributed by atoms with Gasteiger partial charge in [-0.05, 0) is 51.3 Å². The summed E-state index contributed by atoms with van der Waals surface area (Å²) in [5.41, 5.74) is 3.78. The molecule has 1 fully saturated rings. The summed E-state index contributed by atoms with van der Waals surface area (Å²) in [5, 5.41) is 14.1. The van der Waals surface area contributed by atoms with E-state index < -0.39 is 0 Å². The van der Waals surface area contributed by atoms with E-state index in [1.807, 2.05) is 40.4 Å². The lowest BCUT2D eigenvalue weighted by Crippen LogP contribution is -2.41. The highest BCUT2D eigenvalue weighted by Crippen LogP contribution is 2.29. The summed E-state index contributed by atoms with van der Waals surface area (Å²) >= 11 is 1.48. The third-order valence-electron chi connectivity index (χ3n) is 6.71. The minimum Gasteiger partial charge on any atom is -0.352 e. The highest BCUT2D eigenvalue weighted by molar-refractivity contribution is 8.00. The first-order valence-corrected chi connectivity index (χ1v) is 13.5. The Morgan fingerprint density at radius 3 is 2.69 bits per heavy atom. The van der Waals surface area contributed by atoms with Gasteiger partial charge in [-0.3, -0.25) is 9.48 Å². The van der Waals surface area contributed by atoms with Crippen LogP contribution in [0, 0.1) is 13.8 Å². The average Bonchev–Trinajstić information content (AvgIpc) is 3.44. The molecule has 1 N–H and O–H groups in total. The monoisotopic (exact) mass is 491 g/mol. The molecule has 3 heterocycles. The van der Waals surface area contributed by atoms with E-state index in [2.05, 4.69) is 30.3 Å². The van der Waals surface area contributed by atoms with Gasteiger partial charge in [0.05, 0.1) is 16.5 Å². The molecule has 9 heteroatoms. The molecule has 35 heavy (non-hydrogen) atoms. The molecule has 1 aliphatic carbocycles. The summed E-state index contributed by atoms with van der Waals surface area (Å²) in [4.78, 5) is 22.9. The number of carbonyl (C=O) groups excluding carboxylic acids is 1. The van der Waals surface area contributed by atoms with E-state index in [4.69, 9.17) is 15.1 Å². The largest absolute Gasteiger partial charge is 0.352 e. The quantitative estimate of drug-likeness (QED) is 0.285. The summed E-state index contributed by atoms with van der Waals surface area (Å²) in [6.45, 7) is 6.83. The van der Waals surface area contributed by atoms with E-state index in [0.717, 1.165) is 53.0 Å². The van der Waals surface area contributed by atoms with Crippen LogP contribution >= 0.6 is 11.8 Å². The Morgan fingerprint density at radius 2 is 1.94 bits per heavy atom. The van der Waals surface area contributed by atoms with Crippen LogP contribution in [0.25, 0.3) is 16.6 Å². The molecule has 0 radical (unpaired) electrons. The fourth-order valence-corrected chi connectivity index (χ4v) is 5.83. The predicted molar refractivity (Wildman–Crippen MR) is 139 cm³/mol. The topological polar surface area (TPSA) is 90.0 Å². The normalized spacial score (nSPS) is 15.6. The Balaban J connectivity index is 1.43. The summed E-state index contributed by atoms with van der Waals surface area (Å²) in [5.74, 6) is 0.842. The predicted octanol–water partition coefficient (Wildman–Crippen LogP) is 4.65. The maximum Gasteiger partial charge on any atom is 0.233 e. The number of amides is 1. The number of carbonyl (C=O) groups is 1. The Labute approximate surface area is 209 Å². The van der Waals surface area contributed by atoms with Gasteiger partial charge in [-0.1, -0.05) is 50.1 Å². The van der Waals surface area contributed by atoms with E-state index >= 15 is 0 Å². The third kappa shape index (κ3) is 5.19. The number of aromatic nitrogens is 6. The number of para-hydroxylation sites is 1. The Hall–Kier alpha value is -2.94. The number of nitrogens with zero attached hydrogens (tertiary/aromatic N) is 6. The van der Waals surface area contributed by atoms with Crippen molar-refractivity contribution < 1.29 is 4.79 Å². The fourth-order valence-electron chi connectivity index (χ4n) is 4.85. The Morgan fingerprint density at radius 1 is 1.14 bits per heavy atom. The Kier molecular flexibility index (Phi) is 7.04. The molecule has 4 aromatic rings. The first kappa shape index (κ1) is 23.8. The minimum absolute atomic E-state index is 0.0948. The third-order valence-corrected chi connectivity index (χ3v) is 8.01. The average molecular weight is 492 g/mol. The number of benzene rings is 1. The van der Waals surface area contributed by atoms with Crippen molar-refractivity contribution >= 4 is 34.2 Å². The van der Waals surface area contributed by atoms with Crippen LogP contribution in [0.3, 0.4) is 0 Å². The zero-order valence-corrected chi connectivity index (χ0v) is 21.5. The van der Waals surface area contributed by atoms with Crippen LogP contribution < -0.4 is 5.32 Å². The van der Waals surface area contributed by atoms with Gasteiger partial charge >= 0.3 is 0 Å². The summed E-state index contributed by atoms with van der Waals surface area (Å²) in [7, 11) is 0. The van der Waals surface area contributed by atoms with Crippen LogP contribution in [0.5, 0.6) is 0 Å². The second-order valence-electron chi connectivity index (χ2n) is 9.43. The van der Waals surface area contributed by atoms with Crippen molar-refractivity contribution in [3.8, 4) is 0 Å². The minimum atomic E-state index is -0.226. The molecule has 1 atom stereocenters. The molecule has 8 nitrogen and oxygen atoms in total. The van der Waals surface area contributed by atoms with Crippen LogP contribution in [0.15, 0.2) is 35.5 Å². The molecule has 1 aromatic carbocycles. The molecule has 0 bridgehead atoms. The number of thioether (sulfide) groups is 1. The van der Waals surface area contributed by atoms with E-state index in [0.29, 0.717) is 24.2 Å².